The van der Waals surface area contributed by atoms with Crippen molar-refractivity contribution in [1.29, 1.82) is 0 Å². The maximum Gasteiger partial charge on any atom is 0.243 e. The van der Waals surface area contributed by atoms with Crippen LogP contribution in [0.4, 0.5) is 0 Å². The number of rotatable bonds is 10. The van der Waals surface area contributed by atoms with Crippen LogP contribution in [0.3, 0.4) is 0 Å². The van der Waals surface area contributed by atoms with Crippen LogP contribution in [0.1, 0.15) is 30.5 Å². The molecule has 0 heterocycles. The van der Waals surface area contributed by atoms with E-state index in [4.69, 9.17) is 11.6 Å². The van der Waals surface area contributed by atoms with Crippen LogP contribution in [0, 0.1) is 5.92 Å². The number of carbonyl (C=O) groups excluding carboxylic acids is 2. The van der Waals surface area contributed by atoms with Crippen molar-refractivity contribution in [3.63, 3.8) is 0 Å². The predicted octanol–water partition coefficient (Wildman–Crippen LogP) is 5.29. The zero-order valence-corrected chi connectivity index (χ0v) is 20.0. The molecule has 0 aliphatic heterocycles. The van der Waals surface area contributed by atoms with Gasteiger partial charge in [0, 0.05) is 24.5 Å². The van der Waals surface area contributed by atoms with E-state index in [2.05, 4.69) is 19.2 Å². The van der Waals surface area contributed by atoms with Gasteiger partial charge in [0.15, 0.2) is 0 Å². The van der Waals surface area contributed by atoms with E-state index >= 15 is 0 Å². The maximum atomic E-state index is 13.6. The summed E-state index contributed by atoms with van der Waals surface area (Å²) in [6, 6.07) is 26.3. The van der Waals surface area contributed by atoms with Crippen molar-refractivity contribution in [2.75, 3.05) is 6.54 Å². The molecule has 4 nitrogen and oxygen atoms in total. The standard InChI is InChI=1S/C28H31ClN2O2/c1-21(2)19-30-28(33)26(17-22-10-5-3-6-11-22)31(20-23-12-7-4-8-13-23)27(32)18-24-14-9-15-25(29)16-24/h3-16,21,26H,17-20H2,1-2H3,(H,30,33)/t26-/m0/s1. The van der Waals surface area contributed by atoms with Crippen LogP contribution >= 0.6 is 11.6 Å². The molecule has 3 aromatic carbocycles. The number of hydrogen-bond acceptors (Lipinski definition) is 2. The molecule has 2 amide bonds. The average Bonchev–Trinajstić information content (AvgIpc) is 2.81. The fourth-order valence-corrected chi connectivity index (χ4v) is 3.89. The van der Waals surface area contributed by atoms with E-state index in [9.17, 15) is 9.59 Å². The van der Waals surface area contributed by atoms with E-state index in [0.717, 1.165) is 16.7 Å². The van der Waals surface area contributed by atoms with Gasteiger partial charge in [0.25, 0.3) is 0 Å². The van der Waals surface area contributed by atoms with E-state index in [-0.39, 0.29) is 18.2 Å². The number of benzene rings is 3. The van der Waals surface area contributed by atoms with Crippen molar-refractivity contribution in [2.45, 2.75) is 39.3 Å². The van der Waals surface area contributed by atoms with Gasteiger partial charge in [0.05, 0.1) is 6.42 Å². The fourth-order valence-electron chi connectivity index (χ4n) is 3.68. The summed E-state index contributed by atoms with van der Waals surface area (Å²) in [5.41, 5.74) is 2.81. The average molecular weight is 463 g/mol. The Morgan fingerprint density at radius 3 is 2.06 bits per heavy atom. The van der Waals surface area contributed by atoms with Crippen molar-refractivity contribution in [2.24, 2.45) is 5.92 Å². The highest BCUT2D eigenvalue weighted by atomic mass is 35.5. The number of hydrogen-bond donors (Lipinski definition) is 1. The number of carbonyl (C=O) groups is 2. The third-order valence-corrected chi connectivity index (χ3v) is 5.63. The van der Waals surface area contributed by atoms with Crippen LogP contribution < -0.4 is 5.32 Å². The Balaban J connectivity index is 1.93. The van der Waals surface area contributed by atoms with Gasteiger partial charge < -0.3 is 10.2 Å². The maximum absolute atomic E-state index is 13.6. The molecule has 0 bridgehead atoms. The first-order valence-electron chi connectivity index (χ1n) is 11.3. The molecule has 3 aromatic rings. The van der Waals surface area contributed by atoms with Crippen molar-refractivity contribution in [3.8, 4) is 0 Å². The monoisotopic (exact) mass is 462 g/mol. The Morgan fingerprint density at radius 2 is 1.45 bits per heavy atom. The fraction of sp³-hybridized carbons (Fsp3) is 0.286. The molecule has 1 N–H and O–H groups in total. The van der Waals surface area contributed by atoms with Gasteiger partial charge in [-0.2, -0.15) is 0 Å². The number of nitrogens with one attached hydrogen (secondary N) is 1. The van der Waals surface area contributed by atoms with E-state index in [1.807, 2.05) is 72.8 Å². The van der Waals surface area contributed by atoms with Crippen LogP contribution in [0.15, 0.2) is 84.9 Å². The van der Waals surface area contributed by atoms with Gasteiger partial charge in [-0.15, -0.1) is 0 Å². The minimum atomic E-state index is -0.627. The Kier molecular flexibility index (Phi) is 9.08. The molecule has 0 aliphatic carbocycles. The van der Waals surface area contributed by atoms with Crippen molar-refractivity contribution >= 4 is 23.4 Å². The largest absolute Gasteiger partial charge is 0.354 e. The van der Waals surface area contributed by atoms with Crippen molar-refractivity contribution in [3.05, 3.63) is 107 Å². The highest BCUT2D eigenvalue weighted by Gasteiger charge is 2.30. The van der Waals surface area contributed by atoms with Gasteiger partial charge in [0.1, 0.15) is 6.04 Å². The van der Waals surface area contributed by atoms with Gasteiger partial charge >= 0.3 is 0 Å². The summed E-state index contributed by atoms with van der Waals surface area (Å²) in [7, 11) is 0. The lowest BCUT2D eigenvalue weighted by molar-refractivity contribution is -0.140. The third kappa shape index (κ3) is 7.76. The molecule has 0 aliphatic rings. The van der Waals surface area contributed by atoms with Gasteiger partial charge in [-0.05, 0) is 34.7 Å². The zero-order chi connectivity index (χ0) is 23.6. The van der Waals surface area contributed by atoms with Gasteiger partial charge in [-0.1, -0.05) is 98.2 Å². The van der Waals surface area contributed by atoms with Crippen LogP contribution in [-0.2, 0) is 29.0 Å². The summed E-state index contributed by atoms with van der Waals surface area (Å²) in [5.74, 6) is 0.0701. The molecular weight excluding hydrogens is 432 g/mol. The summed E-state index contributed by atoms with van der Waals surface area (Å²) >= 11 is 6.14. The first-order chi connectivity index (χ1) is 15.9. The van der Waals surface area contributed by atoms with Crippen LogP contribution in [0.25, 0.3) is 0 Å². The van der Waals surface area contributed by atoms with Crippen molar-refractivity contribution < 1.29 is 9.59 Å². The van der Waals surface area contributed by atoms with Crippen LogP contribution in [0.2, 0.25) is 5.02 Å². The van der Waals surface area contributed by atoms with E-state index in [0.29, 0.717) is 30.5 Å². The minimum absolute atomic E-state index is 0.109. The zero-order valence-electron chi connectivity index (χ0n) is 19.2. The second kappa shape index (κ2) is 12.2. The summed E-state index contributed by atoms with van der Waals surface area (Å²) < 4.78 is 0. The summed E-state index contributed by atoms with van der Waals surface area (Å²) in [5, 5.41) is 3.63. The topological polar surface area (TPSA) is 49.4 Å². The van der Waals surface area contributed by atoms with Gasteiger partial charge in [-0.3, -0.25) is 9.59 Å². The molecule has 33 heavy (non-hydrogen) atoms. The molecule has 0 radical (unpaired) electrons. The second-order valence-corrected chi connectivity index (χ2v) is 9.09. The molecule has 0 unspecified atom stereocenters. The lowest BCUT2D eigenvalue weighted by Gasteiger charge is -2.32. The molecule has 0 saturated heterocycles. The highest BCUT2D eigenvalue weighted by Crippen LogP contribution is 2.18. The lowest BCUT2D eigenvalue weighted by Crippen LogP contribution is -2.51. The molecule has 0 fully saturated rings. The van der Waals surface area contributed by atoms with Crippen LogP contribution in [-0.4, -0.2) is 29.3 Å². The Hall–Kier alpha value is -3.11. The smallest absolute Gasteiger partial charge is 0.243 e. The molecule has 5 heteroatoms. The van der Waals surface area contributed by atoms with Crippen molar-refractivity contribution in [1.82, 2.24) is 10.2 Å². The lowest BCUT2D eigenvalue weighted by atomic mass is 10.0. The number of amides is 2. The number of nitrogens with zero attached hydrogens (tertiary/aromatic N) is 1. The normalized spacial score (nSPS) is 11.8. The SMILES string of the molecule is CC(C)CNC(=O)[C@H](Cc1ccccc1)N(Cc1ccccc1)C(=O)Cc1cccc(Cl)c1. The molecule has 0 saturated carbocycles. The summed E-state index contributed by atoms with van der Waals surface area (Å²) in [4.78, 5) is 28.7. The molecule has 172 valence electrons. The molecule has 0 spiro atoms. The van der Waals surface area contributed by atoms with Gasteiger partial charge in [0.2, 0.25) is 11.8 Å². The quantitative estimate of drug-likeness (QED) is 0.444. The first kappa shape index (κ1) is 24.5. The molecular formula is C28H31ClN2O2. The van der Waals surface area contributed by atoms with Crippen LogP contribution in [0.5, 0.6) is 0 Å². The molecule has 1 atom stereocenters. The van der Waals surface area contributed by atoms with Gasteiger partial charge in [-0.25, -0.2) is 0 Å². The van der Waals surface area contributed by atoms with E-state index < -0.39 is 6.04 Å². The first-order valence-corrected chi connectivity index (χ1v) is 11.7. The Labute approximate surface area is 201 Å². The molecule has 0 aromatic heterocycles. The number of halogens is 1. The Bertz CT molecular complexity index is 1040. The van der Waals surface area contributed by atoms with E-state index in [1.165, 1.54) is 0 Å². The van der Waals surface area contributed by atoms with E-state index in [1.54, 1.807) is 17.0 Å². The second-order valence-electron chi connectivity index (χ2n) is 8.66. The predicted molar refractivity (Wildman–Crippen MR) is 134 cm³/mol. The summed E-state index contributed by atoms with van der Waals surface area (Å²) in [6.45, 7) is 5.02. The molecule has 3 rings (SSSR count). The third-order valence-electron chi connectivity index (χ3n) is 5.40. The summed E-state index contributed by atoms with van der Waals surface area (Å²) in [6.07, 6.45) is 0.620. The highest BCUT2D eigenvalue weighted by molar-refractivity contribution is 6.30. The minimum Gasteiger partial charge on any atom is -0.354 e. The Morgan fingerprint density at radius 1 is 0.848 bits per heavy atom.